The molecule has 1 aliphatic rings. The summed E-state index contributed by atoms with van der Waals surface area (Å²) in [6, 6.07) is 8.05. The Morgan fingerprint density at radius 2 is 2.07 bits per heavy atom. The van der Waals surface area contributed by atoms with Gasteiger partial charge < -0.3 is 5.32 Å². The minimum absolute atomic E-state index is 0.592. The van der Waals surface area contributed by atoms with E-state index in [1.54, 1.807) is 0 Å². The predicted molar refractivity (Wildman–Crippen MR) is 63.7 cm³/mol. The van der Waals surface area contributed by atoms with Crippen molar-refractivity contribution in [3.63, 3.8) is 0 Å². The summed E-state index contributed by atoms with van der Waals surface area (Å²) in [4.78, 5) is 0. The van der Waals surface area contributed by atoms with Crippen LogP contribution in [0.3, 0.4) is 0 Å². The number of nitrogens with one attached hydrogen (secondary N) is 1. The van der Waals surface area contributed by atoms with Gasteiger partial charge in [0.15, 0.2) is 0 Å². The lowest BCUT2D eigenvalue weighted by Gasteiger charge is -2.24. The summed E-state index contributed by atoms with van der Waals surface area (Å²) in [5.74, 6) is 0.592. The van der Waals surface area contributed by atoms with Gasteiger partial charge in [0.1, 0.15) is 0 Å². The smallest absolute Gasteiger partial charge is 0.0991 e. The molecule has 1 aromatic rings. The number of nitrogens with zero attached hydrogens (tertiary/aromatic N) is 1. The Bertz CT molecular complexity index is 389. The topological polar surface area (TPSA) is 35.8 Å². The second kappa shape index (κ2) is 4.78. The molecule has 0 saturated carbocycles. The maximum Gasteiger partial charge on any atom is 0.0991 e. The minimum atomic E-state index is 0.592. The van der Waals surface area contributed by atoms with E-state index in [1.165, 1.54) is 5.56 Å². The first-order valence-corrected chi connectivity index (χ1v) is 6.01. The van der Waals surface area contributed by atoms with Gasteiger partial charge in [-0.3, -0.25) is 0 Å². The Morgan fingerprint density at radius 1 is 1.33 bits per heavy atom. The van der Waals surface area contributed by atoms with Crippen molar-refractivity contribution in [2.75, 3.05) is 13.1 Å². The molecule has 78 valence electrons. The maximum atomic E-state index is 8.87. The molecule has 2 rings (SSSR count). The van der Waals surface area contributed by atoms with Gasteiger partial charge in [-0.25, -0.2) is 0 Å². The van der Waals surface area contributed by atoms with Crippen molar-refractivity contribution >= 4 is 15.9 Å². The highest BCUT2D eigenvalue weighted by atomic mass is 79.9. The molecule has 1 fully saturated rings. The molecule has 0 radical (unpaired) electrons. The van der Waals surface area contributed by atoms with Gasteiger partial charge in [-0.15, -0.1) is 0 Å². The largest absolute Gasteiger partial charge is 0.317 e. The third-order valence-corrected chi connectivity index (χ3v) is 3.63. The summed E-state index contributed by atoms with van der Waals surface area (Å²) >= 11 is 3.57. The molecule has 2 nitrogen and oxygen atoms in total. The number of hydrogen-bond acceptors (Lipinski definition) is 2. The zero-order valence-corrected chi connectivity index (χ0v) is 10.0. The van der Waals surface area contributed by atoms with Crippen LogP contribution in [0.2, 0.25) is 0 Å². The van der Waals surface area contributed by atoms with Crippen LogP contribution in [0.15, 0.2) is 22.7 Å². The number of hydrogen-bond donors (Lipinski definition) is 1. The van der Waals surface area contributed by atoms with E-state index in [0.717, 1.165) is 36.0 Å². The fraction of sp³-hybridized carbons (Fsp3) is 0.417. The molecule has 0 unspecified atom stereocenters. The number of rotatable bonds is 1. The van der Waals surface area contributed by atoms with Crippen LogP contribution in [-0.4, -0.2) is 13.1 Å². The first kappa shape index (κ1) is 10.7. The van der Waals surface area contributed by atoms with E-state index >= 15 is 0 Å². The lowest BCUT2D eigenvalue weighted by atomic mass is 9.89. The van der Waals surface area contributed by atoms with Gasteiger partial charge in [0, 0.05) is 4.47 Å². The van der Waals surface area contributed by atoms with Crippen molar-refractivity contribution in [1.82, 2.24) is 5.32 Å². The Balaban J connectivity index is 2.29. The van der Waals surface area contributed by atoms with E-state index in [2.05, 4.69) is 27.3 Å². The molecule has 15 heavy (non-hydrogen) atoms. The average Bonchev–Trinajstić information content (AvgIpc) is 2.31. The van der Waals surface area contributed by atoms with Crippen LogP contribution in [0.5, 0.6) is 0 Å². The fourth-order valence-electron chi connectivity index (χ4n) is 2.06. The van der Waals surface area contributed by atoms with Crippen molar-refractivity contribution in [3.05, 3.63) is 33.8 Å². The molecule has 3 heteroatoms. The third kappa shape index (κ3) is 2.39. The monoisotopic (exact) mass is 264 g/mol. The summed E-state index contributed by atoms with van der Waals surface area (Å²) in [7, 11) is 0. The Kier molecular flexibility index (Phi) is 3.40. The first-order chi connectivity index (χ1) is 7.31. The van der Waals surface area contributed by atoms with Crippen LogP contribution in [-0.2, 0) is 0 Å². The van der Waals surface area contributed by atoms with Crippen molar-refractivity contribution in [1.29, 1.82) is 5.26 Å². The Morgan fingerprint density at radius 3 is 2.73 bits per heavy atom. The van der Waals surface area contributed by atoms with Gasteiger partial charge >= 0.3 is 0 Å². The van der Waals surface area contributed by atoms with Crippen LogP contribution >= 0.6 is 15.9 Å². The molecule has 0 amide bonds. The second-order valence-corrected chi connectivity index (χ2v) is 4.73. The van der Waals surface area contributed by atoms with Crippen molar-refractivity contribution < 1.29 is 0 Å². The molecule has 1 aromatic carbocycles. The predicted octanol–water partition coefficient (Wildman–Crippen LogP) is 2.79. The lowest BCUT2D eigenvalue weighted by molar-refractivity contribution is 0.459. The van der Waals surface area contributed by atoms with E-state index in [-0.39, 0.29) is 0 Å². The summed E-state index contributed by atoms with van der Waals surface area (Å²) in [6.07, 6.45) is 2.32. The van der Waals surface area contributed by atoms with Crippen LogP contribution < -0.4 is 5.32 Å². The van der Waals surface area contributed by atoms with Gasteiger partial charge in [0.05, 0.1) is 11.6 Å². The van der Waals surface area contributed by atoms with Crippen molar-refractivity contribution in [3.8, 4) is 6.07 Å². The highest BCUT2D eigenvalue weighted by Gasteiger charge is 2.17. The molecular formula is C12H13BrN2. The van der Waals surface area contributed by atoms with Crippen LogP contribution in [0.1, 0.15) is 29.9 Å². The third-order valence-electron chi connectivity index (χ3n) is 2.90. The van der Waals surface area contributed by atoms with E-state index in [9.17, 15) is 0 Å². The minimum Gasteiger partial charge on any atom is -0.317 e. The molecule has 1 N–H and O–H groups in total. The molecular weight excluding hydrogens is 252 g/mol. The van der Waals surface area contributed by atoms with Gasteiger partial charge in [-0.05, 0) is 55.6 Å². The van der Waals surface area contributed by atoms with Crippen LogP contribution in [0.4, 0.5) is 0 Å². The van der Waals surface area contributed by atoms with Crippen LogP contribution in [0, 0.1) is 11.3 Å². The molecule has 1 saturated heterocycles. The average molecular weight is 265 g/mol. The zero-order valence-electron chi connectivity index (χ0n) is 8.46. The van der Waals surface area contributed by atoms with E-state index in [0.29, 0.717) is 5.92 Å². The summed E-state index contributed by atoms with van der Waals surface area (Å²) in [5.41, 5.74) is 2.04. The molecule has 0 atom stereocenters. The van der Waals surface area contributed by atoms with Gasteiger partial charge in [-0.1, -0.05) is 15.9 Å². The van der Waals surface area contributed by atoms with Crippen molar-refractivity contribution in [2.24, 2.45) is 0 Å². The standard InChI is InChI=1S/C12H13BrN2/c13-12-2-1-9(8-14)7-11(12)10-3-5-15-6-4-10/h1-2,7,10,15H,3-6H2. The normalized spacial score (nSPS) is 17.3. The first-order valence-electron chi connectivity index (χ1n) is 5.21. The molecule has 1 aliphatic heterocycles. The quantitative estimate of drug-likeness (QED) is 0.847. The Hall–Kier alpha value is -0.850. The Labute approximate surface area is 98.4 Å². The number of halogens is 1. The molecule has 0 spiro atoms. The van der Waals surface area contributed by atoms with Gasteiger partial charge in [-0.2, -0.15) is 5.26 Å². The molecule has 0 aromatic heterocycles. The van der Waals surface area contributed by atoms with E-state index in [1.807, 2.05) is 18.2 Å². The van der Waals surface area contributed by atoms with Crippen LogP contribution in [0.25, 0.3) is 0 Å². The van der Waals surface area contributed by atoms with Crippen molar-refractivity contribution in [2.45, 2.75) is 18.8 Å². The van der Waals surface area contributed by atoms with Gasteiger partial charge in [0.25, 0.3) is 0 Å². The zero-order chi connectivity index (χ0) is 10.7. The SMILES string of the molecule is N#Cc1ccc(Br)c(C2CCNCC2)c1. The number of benzene rings is 1. The number of piperidine rings is 1. The van der Waals surface area contributed by atoms with E-state index in [4.69, 9.17) is 5.26 Å². The number of nitriles is 1. The summed E-state index contributed by atoms with van der Waals surface area (Å²) in [5, 5.41) is 12.2. The summed E-state index contributed by atoms with van der Waals surface area (Å²) < 4.78 is 1.13. The second-order valence-electron chi connectivity index (χ2n) is 3.87. The summed E-state index contributed by atoms with van der Waals surface area (Å²) in [6.45, 7) is 2.15. The molecule has 0 bridgehead atoms. The lowest BCUT2D eigenvalue weighted by Crippen LogP contribution is -2.26. The highest BCUT2D eigenvalue weighted by molar-refractivity contribution is 9.10. The van der Waals surface area contributed by atoms with E-state index < -0.39 is 0 Å². The maximum absolute atomic E-state index is 8.87. The molecule has 0 aliphatic carbocycles. The highest BCUT2D eigenvalue weighted by Crippen LogP contribution is 2.31. The van der Waals surface area contributed by atoms with Gasteiger partial charge in [0.2, 0.25) is 0 Å². The fourth-order valence-corrected chi connectivity index (χ4v) is 2.63. The molecule has 1 heterocycles.